The predicted molar refractivity (Wildman–Crippen MR) is 160 cm³/mol. The molecule has 19 nitrogen and oxygen atoms in total. The maximum atomic E-state index is 12.5. The Morgan fingerprint density at radius 3 is 1.53 bits per heavy atom. The van der Waals surface area contributed by atoms with Crippen LogP contribution in [0.25, 0.3) is 0 Å². The Morgan fingerprint density at radius 2 is 1.04 bits per heavy atom. The van der Waals surface area contributed by atoms with Gasteiger partial charge in [-0.15, -0.1) is 0 Å². The fourth-order valence-corrected chi connectivity index (χ4v) is 6.38. The SMILES string of the molecule is CO[C@H]1[C@H](O[C@@H]2[C@@H](O)[C@H](C)O[C@@H](O[C@@H]3[C@@H](O)[C@H](C)O[C@@H](O[C@H]4C(O)O[C@@H](C)[C@H](O)[C@H]4O)[C@@H]3O)[C@@H]2O)O[C@H](C)[C@@H](NC(=O)CC(C)(C)O)[C@@H]1O. The summed E-state index contributed by atoms with van der Waals surface area (Å²) >= 11 is 0. The zero-order chi connectivity index (χ0) is 36.7. The van der Waals surface area contributed by atoms with Gasteiger partial charge >= 0.3 is 0 Å². The molecule has 4 saturated heterocycles. The molecule has 0 aromatic carbocycles. The van der Waals surface area contributed by atoms with Crippen molar-refractivity contribution in [3.8, 4) is 0 Å². The number of ether oxygens (including phenoxy) is 8. The third-order valence-corrected chi connectivity index (χ3v) is 9.26. The van der Waals surface area contributed by atoms with E-state index >= 15 is 0 Å². The Labute approximate surface area is 283 Å². The largest absolute Gasteiger partial charge is 0.390 e. The van der Waals surface area contributed by atoms with Gasteiger partial charge in [0.1, 0.15) is 67.1 Å². The van der Waals surface area contributed by atoms with Crippen molar-refractivity contribution >= 4 is 5.91 Å². The number of hydrogen-bond acceptors (Lipinski definition) is 18. The molecule has 49 heavy (non-hydrogen) atoms. The fraction of sp³-hybridized carbons (Fsp3) is 0.967. The highest BCUT2D eigenvalue weighted by molar-refractivity contribution is 5.77. The summed E-state index contributed by atoms with van der Waals surface area (Å²) in [6, 6.07) is -0.970. The van der Waals surface area contributed by atoms with E-state index < -0.39 is 134 Å². The minimum absolute atomic E-state index is 0.246. The molecule has 19 heteroatoms. The molecule has 10 N–H and O–H groups in total. The van der Waals surface area contributed by atoms with Gasteiger partial charge in [-0.05, 0) is 41.5 Å². The van der Waals surface area contributed by atoms with Gasteiger partial charge < -0.3 is 89.2 Å². The lowest BCUT2D eigenvalue weighted by Gasteiger charge is -2.49. The Kier molecular flexibility index (Phi) is 13.4. The molecule has 20 atom stereocenters. The third-order valence-electron chi connectivity index (χ3n) is 9.26. The fourth-order valence-electron chi connectivity index (χ4n) is 6.38. The number of hydrogen-bond donors (Lipinski definition) is 10. The van der Waals surface area contributed by atoms with Crippen LogP contribution in [0, 0.1) is 0 Å². The molecule has 4 aliphatic heterocycles. The van der Waals surface area contributed by atoms with E-state index in [-0.39, 0.29) is 6.42 Å². The summed E-state index contributed by atoms with van der Waals surface area (Å²) < 4.78 is 45.2. The van der Waals surface area contributed by atoms with Crippen molar-refractivity contribution in [2.45, 2.75) is 176 Å². The molecule has 4 rings (SSSR count). The Morgan fingerprint density at radius 1 is 0.592 bits per heavy atom. The topological polar surface area (TPSA) is 285 Å². The highest BCUT2D eigenvalue weighted by Gasteiger charge is 2.54. The summed E-state index contributed by atoms with van der Waals surface area (Å²) in [6.07, 6.45) is -27.4. The highest BCUT2D eigenvalue weighted by Crippen LogP contribution is 2.34. The van der Waals surface area contributed by atoms with E-state index in [1.165, 1.54) is 41.7 Å². The lowest BCUT2D eigenvalue weighted by molar-refractivity contribution is -0.385. The van der Waals surface area contributed by atoms with Gasteiger partial charge in [-0.2, -0.15) is 0 Å². The van der Waals surface area contributed by atoms with Crippen molar-refractivity contribution in [1.82, 2.24) is 5.32 Å². The molecule has 0 aromatic rings. The van der Waals surface area contributed by atoms with Gasteiger partial charge in [0, 0.05) is 7.11 Å². The Balaban J connectivity index is 1.46. The molecule has 4 fully saturated rings. The molecule has 0 bridgehead atoms. The van der Waals surface area contributed by atoms with Gasteiger partial charge in [-0.3, -0.25) is 4.79 Å². The van der Waals surface area contributed by atoms with Crippen molar-refractivity contribution in [2.24, 2.45) is 0 Å². The Bertz CT molecular complexity index is 1080. The van der Waals surface area contributed by atoms with Crippen LogP contribution in [0.4, 0.5) is 0 Å². The summed E-state index contributed by atoms with van der Waals surface area (Å²) in [7, 11) is 1.26. The number of methoxy groups -OCH3 is 1. The maximum Gasteiger partial charge on any atom is 0.223 e. The molecule has 0 saturated carbocycles. The van der Waals surface area contributed by atoms with Crippen LogP contribution >= 0.6 is 0 Å². The van der Waals surface area contributed by atoms with Crippen LogP contribution in [0.5, 0.6) is 0 Å². The molecule has 1 amide bonds. The standard InChI is InChI=1S/C30H53NO18/c1-9-14(31-13(32)8-30(5,6)41)18(36)25(42-7)29(44-9)48-23-17(35)12(4)45-27(21(23)39)47-22-16(34)11(3)46-28(20(22)38)49-24-19(37)15(33)10(2)43-26(24)40/h9-12,14-29,33-41H,8H2,1-7H3,(H,31,32)/t9-,10+,11+,12+,14-,15+,16+,17+,18+,19-,20-,21-,22-,23-,24-,25-,26?,27+,28+,29+/m1/s1. The van der Waals surface area contributed by atoms with Crippen LogP contribution < -0.4 is 5.32 Å². The molecule has 4 aliphatic rings. The first-order valence-corrected chi connectivity index (χ1v) is 16.3. The van der Waals surface area contributed by atoms with Gasteiger partial charge in [-0.25, -0.2) is 0 Å². The third kappa shape index (κ3) is 9.06. The average Bonchev–Trinajstić information content (AvgIpc) is 3.00. The molecule has 0 spiro atoms. The van der Waals surface area contributed by atoms with Crippen molar-refractivity contribution in [3.05, 3.63) is 0 Å². The van der Waals surface area contributed by atoms with Crippen molar-refractivity contribution in [2.75, 3.05) is 7.11 Å². The zero-order valence-corrected chi connectivity index (χ0v) is 28.5. The summed E-state index contributed by atoms with van der Waals surface area (Å²) in [5.41, 5.74) is -1.30. The number of carbonyl (C=O) groups is 1. The summed E-state index contributed by atoms with van der Waals surface area (Å²) in [5.74, 6) is -0.545. The van der Waals surface area contributed by atoms with E-state index in [1.54, 1.807) is 6.92 Å². The first-order valence-electron chi connectivity index (χ1n) is 16.3. The number of aliphatic hydroxyl groups excluding tert-OH is 8. The number of nitrogens with one attached hydrogen (secondary N) is 1. The van der Waals surface area contributed by atoms with E-state index in [0.29, 0.717) is 0 Å². The van der Waals surface area contributed by atoms with E-state index in [1.807, 2.05) is 0 Å². The van der Waals surface area contributed by atoms with E-state index in [2.05, 4.69) is 5.32 Å². The van der Waals surface area contributed by atoms with E-state index in [9.17, 15) is 50.8 Å². The first kappa shape index (κ1) is 40.6. The number of carbonyl (C=O) groups excluding carboxylic acids is 1. The van der Waals surface area contributed by atoms with Gasteiger partial charge in [0.2, 0.25) is 5.91 Å². The van der Waals surface area contributed by atoms with Crippen LogP contribution in [0.1, 0.15) is 48.0 Å². The molecule has 0 aliphatic carbocycles. The van der Waals surface area contributed by atoms with Crippen LogP contribution in [0.15, 0.2) is 0 Å². The molecular weight excluding hydrogens is 662 g/mol. The molecule has 286 valence electrons. The minimum atomic E-state index is -1.81. The highest BCUT2D eigenvalue weighted by atomic mass is 16.8. The Hall–Kier alpha value is -1.21. The van der Waals surface area contributed by atoms with Crippen molar-refractivity contribution < 1.29 is 88.6 Å². The van der Waals surface area contributed by atoms with Gasteiger partial charge in [0.15, 0.2) is 25.2 Å². The van der Waals surface area contributed by atoms with Crippen LogP contribution in [-0.2, 0) is 42.7 Å². The summed E-state index contributed by atoms with van der Waals surface area (Å²) in [6.45, 7) is 8.79. The van der Waals surface area contributed by atoms with E-state index in [4.69, 9.17) is 37.9 Å². The second kappa shape index (κ2) is 16.2. The van der Waals surface area contributed by atoms with Crippen LogP contribution in [0.2, 0.25) is 0 Å². The monoisotopic (exact) mass is 715 g/mol. The average molecular weight is 716 g/mol. The van der Waals surface area contributed by atoms with Crippen LogP contribution in [0.3, 0.4) is 0 Å². The molecular formula is C30H53NO18. The minimum Gasteiger partial charge on any atom is -0.390 e. The molecule has 4 heterocycles. The zero-order valence-electron chi connectivity index (χ0n) is 28.5. The number of aliphatic hydroxyl groups is 9. The van der Waals surface area contributed by atoms with Gasteiger partial charge in [0.05, 0.1) is 42.5 Å². The summed E-state index contributed by atoms with van der Waals surface area (Å²) in [4.78, 5) is 12.5. The number of rotatable bonds is 10. The second-order valence-electron chi connectivity index (χ2n) is 13.9. The summed E-state index contributed by atoms with van der Waals surface area (Å²) in [5, 5.41) is 99.0. The van der Waals surface area contributed by atoms with Gasteiger partial charge in [-0.1, -0.05) is 0 Å². The van der Waals surface area contributed by atoms with Crippen molar-refractivity contribution in [1.29, 1.82) is 0 Å². The van der Waals surface area contributed by atoms with E-state index in [0.717, 1.165) is 0 Å². The number of amides is 1. The molecule has 1 unspecified atom stereocenters. The van der Waals surface area contributed by atoms with Crippen LogP contribution in [-0.4, -0.2) is 187 Å². The maximum absolute atomic E-state index is 12.5. The lowest BCUT2D eigenvalue weighted by Crippen LogP contribution is -2.67. The second-order valence-corrected chi connectivity index (χ2v) is 13.9. The quantitative estimate of drug-likeness (QED) is 0.102. The van der Waals surface area contributed by atoms with Gasteiger partial charge in [0.25, 0.3) is 0 Å². The molecule has 0 radical (unpaired) electrons. The predicted octanol–water partition coefficient (Wildman–Crippen LogP) is -4.70. The molecule has 0 aromatic heterocycles. The smallest absolute Gasteiger partial charge is 0.223 e. The first-order chi connectivity index (χ1) is 22.7. The lowest BCUT2D eigenvalue weighted by atomic mass is 9.94. The normalized spacial score (nSPS) is 49.8. The van der Waals surface area contributed by atoms with Crippen molar-refractivity contribution in [3.63, 3.8) is 0 Å².